The van der Waals surface area contributed by atoms with Crippen molar-refractivity contribution in [3.63, 3.8) is 0 Å². The van der Waals surface area contributed by atoms with Crippen molar-refractivity contribution in [2.75, 3.05) is 26.7 Å². The van der Waals surface area contributed by atoms with E-state index in [1.54, 1.807) is 31.7 Å². The molecule has 0 aliphatic carbocycles. The summed E-state index contributed by atoms with van der Waals surface area (Å²) in [4.78, 5) is 30.6. The summed E-state index contributed by atoms with van der Waals surface area (Å²) in [5, 5.41) is 2.93. The zero-order chi connectivity index (χ0) is 21.9. The molecule has 2 aromatic rings. The maximum Gasteiger partial charge on any atom is 0.257 e. The van der Waals surface area contributed by atoms with E-state index in [4.69, 9.17) is 4.74 Å². The fourth-order valence-electron chi connectivity index (χ4n) is 3.89. The van der Waals surface area contributed by atoms with E-state index in [0.29, 0.717) is 23.8 Å². The van der Waals surface area contributed by atoms with E-state index >= 15 is 0 Å². The van der Waals surface area contributed by atoms with Gasteiger partial charge in [0.25, 0.3) is 5.91 Å². The van der Waals surface area contributed by atoms with Crippen LogP contribution in [0.15, 0.2) is 54.9 Å². The molecule has 31 heavy (non-hydrogen) atoms. The number of methoxy groups -OCH3 is 1. The van der Waals surface area contributed by atoms with E-state index in [1.165, 1.54) is 0 Å². The topological polar surface area (TPSA) is 71.5 Å². The molecule has 1 aliphatic heterocycles. The molecule has 1 aliphatic rings. The van der Waals surface area contributed by atoms with Gasteiger partial charge < -0.3 is 15.0 Å². The third-order valence-corrected chi connectivity index (χ3v) is 5.69. The number of ether oxygens (including phenoxy) is 1. The molecule has 6 nitrogen and oxygen atoms in total. The average Bonchev–Trinajstić information content (AvgIpc) is 2.83. The van der Waals surface area contributed by atoms with Crippen LogP contribution in [-0.2, 0) is 4.79 Å². The largest absolute Gasteiger partial charge is 0.496 e. The summed E-state index contributed by atoms with van der Waals surface area (Å²) in [5.41, 5.74) is 1.55. The molecule has 0 atom stereocenters. The molecule has 1 N–H and O–H groups in total. The van der Waals surface area contributed by atoms with Gasteiger partial charge in [-0.2, -0.15) is 0 Å². The second-order valence-electron chi connectivity index (χ2n) is 7.84. The van der Waals surface area contributed by atoms with Crippen LogP contribution >= 0.6 is 0 Å². The number of rotatable bonds is 9. The Labute approximate surface area is 184 Å². The maximum absolute atomic E-state index is 12.8. The Morgan fingerprint density at radius 1 is 1.16 bits per heavy atom. The number of piperidine rings is 1. The van der Waals surface area contributed by atoms with Crippen LogP contribution in [0.4, 0.5) is 0 Å². The van der Waals surface area contributed by atoms with Crippen molar-refractivity contribution < 1.29 is 14.3 Å². The van der Waals surface area contributed by atoms with Crippen LogP contribution < -0.4 is 10.1 Å². The summed E-state index contributed by atoms with van der Waals surface area (Å²) < 4.78 is 5.32. The first-order valence-electron chi connectivity index (χ1n) is 11.0. The van der Waals surface area contributed by atoms with Gasteiger partial charge in [-0.15, -0.1) is 0 Å². The summed E-state index contributed by atoms with van der Waals surface area (Å²) >= 11 is 0. The maximum atomic E-state index is 12.8. The Balaban J connectivity index is 1.30. The quantitative estimate of drug-likeness (QED) is 0.492. The molecule has 0 spiro atoms. The SMILES string of the molecule is COc1ccccc1C(=O)N1CCC(CCCCNC(=O)/C=C/c2cccnc2)CC1. The molecule has 1 fully saturated rings. The third kappa shape index (κ3) is 6.95. The molecule has 0 saturated carbocycles. The van der Waals surface area contributed by atoms with E-state index in [9.17, 15) is 9.59 Å². The molecular weight excluding hydrogens is 390 g/mol. The van der Waals surface area contributed by atoms with Crippen LogP contribution in [0, 0.1) is 5.92 Å². The van der Waals surface area contributed by atoms with E-state index in [-0.39, 0.29) is 11.8 Å². The molecule has 2 heterocycles. The lowest BCUT2D eigenvalue weighted by molar-refractivity contribution is -0.116. The number of unbranched alkanes of at least 4 members (excludes halogenated alkanes) is 1. The van der Waals surface area contributed by atoms with Gasteiger partial charge in [0.15, 0.2) is 0 Å². The number of pyridine rings is 1. The highest BCUT2D eigenvalue weighted by atomic mass is 16.5. The predicted molar refractivity (Wildman–Crippen MR) is 122 cm³/mol. The first kappa shape index (κ1) is 22.5. The van der Waals surface area contributed by atoms with Crippen molar-refractivity contribution in [1.29, 1.82) is 0 Å². The summed E-state index contributed by atoms with van der Waals surface area (Å²) in [5.74, 6) is 1.25. The molecule has 0 bridgehead atoms. The smallest absolute Gasteiger partial charge is 0.257 e. The number of benzene rings is 1. The Morgan fingerprint density at radius 3 is 2.71 bits per heavy atom. The van der Waals surface area contributed by atoms with Crippen LogP contribution in [0.2, 0.25) is 0 Å². The number of nitrogens with one attached hydrogen (secondary N) is 1. The number of carbonyl (C=O) groups excluding carboxylic acids is 2. The number of hydrogen-bond acceptors (Lipinski definition) is 4. The summed E-state index contributed by atoms with van der Waals surface area (Å²) in [6.07, 6.45) is 12.0. The lowest BCUT2D eigenvalue weighted by Gasteiger charge is -2.32. The predicted octanol–water partition coefficient (Wildman–Crippen LogP) is 3.94. The fraction of sp³-hybridized carbons (Fsp3) is 0.400. The summed E-state index contributed by atoms with van der Waals surface area (Å²) in [7, 11) is 1.60. The van der Waals surface area contributed by atoms with Crippen LogP contribution in [0.1, 0.15) is 48.0 Å². The molecule has 1 aromatic carbocycles. The molecule has 6 heteroatoms. The minimum atomic E-state index is -0.0768. The molecule has 2 amide bonds. The molecule has 164 valence electrons. The van der Waals surface area contributed by atoms with Gasteiger partial charge in [0.1, 0.15) is 5.75 Å². The molecule has 3 rings (SSSR count). The molecular formula is C25H31N3O3. The van der Waals surface area contributed by atoms with E-state index < -0.39 is 0 Å². The van der Waals surface area contributed by atoms with Crippen molar-refractivity contribution in [2.24, 2.45) is 5.92 Å². The Hall–Kier alpha value is -3.15. The van der Waals surface area contributed by atoms with Crippen molar-refractivity contribution in [1.82, 2.24) is 15.2 Å². The van der Waals surface area contributed by atoms with E-state index in [0.717, 1.165) is 50.8 Å². The van der Waals surface area contributed by atoms with Gasteiger partial charge >= 0.3 is 0 Å². The van der Waals surface area contributed by atoms with Gasteiger partial charge in [0.05, 0.1) is 12.7 Å². The number of carbonyl (C=O) groups is 2. The molecule has 0 unspecified atom stereocenters. The monoisotopic (exact) mass is 421 g/mol. The molecule has 0 radical (unpaired) electrons. The minimum absolute atomic E-state index is 0.0537. The van der Waals surface area contributed by atoms with E-state index in [1.807, 2.05) is 41.3 Å². The Bertz CT molecular complexity index is 875. The van der Waals surface area contributed by atoms with Crippen LogP contribution in [0.3, 0.4) is 0 Å². The second kappa shape index (κ2) is 11.9. The fourth-order valence-corrected chi connectivity index (χ4v) is 3.89. The Kier molecular flexibility index (Phi) is 8.64. The minimum Gasteiger partial charge on any atom is -0.496 e. The zero-order valence-electron chi connectivity index (χ0n) is 18.1. The zero-order valence-corrected chi connectivity index (χ0v) is 18.1. The number of nitrogens with zero attached hydrogens (tertiary/aromatic N) is 2. The van der Waals surface area contributed by atoms with Crippen molar-refractivity contribution in [2.45, 2.75) is 32.1 Å². The van der Waals surface area contributed by atoms with Gasteiger partial charge in [-0.3, -0.25) is 14.6 Å². The first-order valence-corrected chi connectivity index (χ1v) is 11.0. The highest BCUT2D eigenvalue weighted by Gasteiger charge is 2.25. The van der Waals surface area contributed by atoms with Crippen molar-refractivity contribution in [3.05, 3.63) is 66.0 Å². The highest BCUT2D eigenvalue weighted by Crippen LogP contribution is 2.26. The van der Waals surface area contributed by atoms with Crippen LogP contribution in [0.25, 0.3) is 6.08 Å². The van der Waals surface area contributed by atoms with Gasteiger partial charge in [-0.1, -0.05) is 31.0 Å². The number of para-hydroxylation sites is 1. The lowest BCUT2D eigenvalue weighted by atomic mass is 9.91. The van der Waals surface area contributed by atoms with Crippen LogP contribution in [-0.4, -0.2) is 48.4 Å². The second-order valence-corrected chi connectivity index (χ2v) is 7.84. The normalized spacial score (nSPS) is 14.5. The Morgan fingerprint density at radius 2 is 1.97 bits per heavy atom. The summed E-state index contributed by atoms with van der Waals surface area (Å²) in [6, 6.07) is 11.2. The molecule has 1 aromatic heterocycles. The number of likely N-dealkylation sites (tertiary alicyclic amines) is 1. The third-order valence-electron chi connectivity index (χ3n) is 5.69. The average molecular weight is 422 g/mol. The van der Waals surface area contributed by atoms with Crippen molar-refractivity contribution >= 4 is 17.9 Å². The van der Waals surface area contributed by atoms with Crippen molar-refractivity contribution in [3.8, 4) is 5.75 Å². The summed E-state index contributed by atoms with van der Waals surface area (Å²) in [6.45, 7) is 2.26. The number of amides is 2. The van der Waals surface area contributed by atoms with Gasteiger partial charge in [0, 0.05) is 38.1 Å². The van der Waals surface area contributed by atoms with Gasteiger partial charge in [-0.05, 0) is 55.0 Å². The van der Waals surface area contributed by atoms with E-state index in [2.05, 4.69) is 10.3 Å². The van der Waals surface area contributed by atoms with Crippen LogP contribution in [0.5, 0.6) is 5.75 Å². The molecule has 1 saturated heterocycles. The van der Waals surface area contributed by atoms with Gasteiger partial charge in [0.2, 0.25) is 5.91 Å². The lowest BCUT2D eigenvalue weighted by Crippen LogP contribution is -2.38. The standard InChI is InChI=1S/C25H31N3O3/c1-31-23-10-3-2-9-22(23)25(30)28-17-13-20(14-18-28)7-4-5-16-27-24(29)12-11-21-8-6-15-26-19-21/h2-3,6,8-12,15,19-20H,4-5,7,13-14,16-18H2,1H3,(H,27,29)/b12-11+. The first-order chi connectivity index (χ1) is 15.2. The number of hydrogen-bond donors (Lipinski definition) is 1. The number of aromatic nitrogens is 1. The highest BCUT2D eigenvalue weighted by molar-refractivity contribution is 5.97. The van der Waals surface area contributed by atoms with Gasteiger partial charge in [-0.25, -0.2) is 0 Å².